The maximum atomic E-state index is 12.3. The number of likely N-dealkylation sites (tertiary alicyclic amines) is 1. The summed E-state index contributed by atoms with van der Waals surface area (Å²) in [6, 6.07) is 5.11. The van der Waals surface area contributed by atoms with Gasteiger partial charge in [-0.25, -0.2) is 4.31 Å². The zero-order valence-electron chi connectivity index (χ0n) is 13.9. The van der Waals surface area contributed by atoms with Gasteiger partial charge in [-0.1, -0.05) is 12.1 Å². The molecule has 0 unspecified atom stereocenters. The van der Waals surface area contributed by atoms with Crippen molar-refractivity contribution in [2.45, 2.75) is 18.5 Å². The van der Waals surface area contributed by atoms with E-state index in [2.05, 4.69) is 5.32 Å². The van der Waals surface area contributed by atoms with Gasteiger partial charge in [-0.05, 0) is 30.2 Å². The molecule has 1 aromatic rings. The quantitative estimate of drug-likeness (QED) is 0.313. The maximum Gasteiger partial charge on any atom is 0.362 e. The van der Waals surface area contributed by atoms with Crippen LogP contribution in [0.15, 0.2) is 30.3 Å². The molecule has 11 heteroatoms. The Kier molecular flexibility index (Phi) is 5.22. The van der Waals surface area contributed by atoms with Gasteiger partial charge in [0.2, 0.25) is 11.8 Å². The first kappa shape index (κ1) is 19.3. The molecule has 0 aromatic heterocycles. The summed E-state index contributed by atoms with van der Waals surface area (Å²) in [5.74, 6) is -1.71. The van der Waals surface area contributed by atoms with E-state index in [-0.39, 0.29) is 24.8 Å². The zero-order chi connectivity index (χ0) is 19.8. The molecule has 27 heavy (non-hydrogen) atoms. The minimum Gasteiger partial charge on any atom is -0.325 e. The van der Waals surface area contributed by atoms with E-state index in [4.69, 9.17) is 16.2 Å². The Hall–Kier alpha value is -2.43. The predicted octanol–water partition coefficient (Wildman–Crippen LogP) is 0.492. The molecule has 3 amide bonds. The molecule has 2 atom stereocenters. The lowest BCUT2D eigenvalue weighted by Gasteiger charge is -2.42. The number of carbonyl (C=O) groups excluding carboxylic acids is 3. The lowest BCUT2D eigenvalue weighted by atomic mass is 10.0. The van der Waals surface area contributed by atoms with Gasteiger partial charge >= 0.3 is 10.3 Å². The van der Waals surface area contributed by atoms with Crippen molar-refractivity contribution in [3.63, 3.8) is 0 Å². The minimum atomic E-state index is -4.60. The lowest BCUT2D eigenvalue weighted by Crippen LogP contribution is -2.68. The van der Waals surface area contributed by atoms with E-state index < -0.39 is 34.2 Å². The van der Waals surface area contributed by atoms with Crippen LogP contribution in [0, 0.1) is 0 Å². The van der Waals surface area contributed by atoms with Crippen LogP contribution in [0.3, 0.4) is 0 Å². The van der Waals surface area contributed by atoms with Crippen LogP contribution in [0.1, 0.15) is 12.0 Å². The van der Waals surface area contributed by atoms with Gasteiger partial charge in [0.25, 0.3) is 5.91 Å². The molecule has 0 spiro atoms. The second-order valence-corrected chi connectivity index (χ2v) is 7.64. The summed E-state index contributed by atoms with van der Waals surface area (Å²) in [4.78, 5) is 36.8. The van der Waals surface area contributed by atoms with E-state index in [9.17, 15) is 22.8 Å². The van der Waals surface area contributed by atoms with Crippen LogP contribution in [-0.2, 0) is 24.7 Å². The molecule has 2 saturated heterocycles. The number of rotatable bonds is 5. The Morgan fingerprint density at radius 3 is 2.56 bits per heavy atom. The van der Waals surface area contributed by atoms with Gasteiger partial charge in [-0.15, -0.1) is 11.6 Å². The molecule has 2 N–H and O–H groups in total. The first-order valence-electron chi connectivity index (χ1n) is 7.97. The summed E-state index contributed by atoms with van der Waals surface area (Å²) >= 11 is 5.41. The van der Waals surface area contributed by atoms with Crippen molar-refractivity contribution >= 4 is 51.4 Å². The molecule has 2 fully saturated rings. The first-order valence-corrected chi connectivity index (χ1v) is 9.91. The number of fused-ring (bicyclic) bond motifs is 1. The summed E-state index contributed by atoms with van der Waals surface area (Å²) < 4.78 is 31.8. The average Bonchev–Trinajstić information content (AvgIpc) is 2.98. The van der Waals surface area contributed by atoms with Gasteiger partial charge in [0.05, 0.1) is 6.04 Å². The van der Waals surface area contributed by atoms with E-state index in [1.165, 1.54) is 11.0 Å². The monoisotopic (exact) mass is 413 g/mol. The fourth-order valence-corrected chi connectivity index (χ4v) is 4.16. The Morgan fingerprint density at radius 2 is 1.96 bits per heavy atom. The standard InChI is InChI=1S/C16H16ClN3O6S/c17-9-13(21)18-11-4-1-10(2-5-11)3-6-14(22)19-8-7-12-15(19)16(23)20(12)27(24,25)26/h1-6,12,15H,7-9H2,(H,18,21)(H,24,25,26)/t12-,15+/m1/s1. The number of hydrogen-bond acceptors (Lipinski definition) is 5. The van der Waals surface area contributed by atoms with Crippen LogP contribution < -0.4 is 5.32 Å². The minimum absolute atomic E-state index is 0.151. The van der Waals surface area contributed by atoms with Crippen molar-refractivity contribution in [2.24, 2.45) is 0 Å². The van der Waals surface area contributed by atoms with Crippen LogP contribution in [0.4, 0.5) is 5.69 Å². The van der Waals surface area contributed by atoms with Gasteiger partial charge in [0.1, 0.15) is 11.9 Å². The molecular weight excluding hydrogens is 398 g/mol. The van der Waals surface area contributed by atoms with Crippen molar-refractivity contribution < 1.29 is 27.4 Å². The fourth-order valence-electron chi connectivity index (χ4n) is 3.20. The number of halogens is 1. The number of anilines is 1. The van der Waals surface area contributed by atoms with Crippen molar-refractivity contribution in [3.8, 4) is 0 Å². The highest BCUT2D eigenvalue weighted by Crippen LogP contribution is 2.35. The molecule has 9 nitrogen and oxygen atoms in total. The molecule has 3 rings (SSSR count). The van der Waals surface area contributed by atoms with Crippen molar-refractivity contribution in [2.75, 3.05) is 17.7 Å². The van der Waals surface area contributed by atoms with Gasteiger partial charge in [-0.3, -0.25) is 18.9 Å². The molecule has 2 aliphatic heterocycles. The van der Waals surface area contributed by atoms with E-state index in [1.807, 2.05) is 0 Å². The molecule has 0 saturated carbocycles. The van der Waals surface area contributed by atoms with Crippen molar-refractivity contribution in [1.82, 2.24) is 9.21 Å². The molecular formula is C16H16ClN3O6S. The highest BCUT2D eigenvalue weighted by molar-refractivity contribution is 7.84. The van der Waals surface area contributed by atoms with E-state index >= 15 is 0 Å². The van der Waals surface area contributed by atoms with E-state index in [0.717, 1.165) is 0 Å². The maximum absolute atomic E-state index is 12.3. The van der Waals surface area contributed by atoms with Gasteiger partial charge in [-0.2, -0.15) is 8.42 Å². The lowest BCUT2D eigenvalue weighted by molar-refractivity contribution is -0.149. The highest BCUT2D eigenvalue weighted by Gasteiger charge is 2.59. The number of nitrogens with zero attached hydrogens (tertiary/aromatic N) is 2. The second kappa shape index (κ2) is 7.29. The molecule has 1 aromatic carbocycles. The molecule has 0 bridgehead atoms. The van der Waals surface area contributed by atoms with E-state index in [0.29, 0.717) is 15.6 Å². The van der Waals surface area contributed by atoms with E-state index in [1.54, 1.807) is 30.3 Å². The van der Waals surface area contributed by atoms with Crippen LogP contribution in [0.25, 0.3) is 6.08 Å². The number of β-lactam (4-membered cyclic amide) rings is 1. The number of carbonyl (C=O) groups is 3. The number of alkyl halides is 1. The predicted molar refractivity (Wildman–Crippen MR) is 97.1 cm³/mol. The van der Waals surface area contributed by atoms with Crippen molar-refractivity contribution in [1.29, 1.82) is 0 Å². The van der Waals surface area contributed by atoms with Crippen molar-refractivity contribution in [3.05, 3.63) is 35.9 Å². The summed E-state index contributed by atoms with van der Waals surface area (Å²) in [7, 11) is -4.60. The summed E-state index contributed by atoms with van der Waals surface area (Å²) in [5.41, 5.74) is 1.26. The SMILES string of the molecule is O=C(CCl)Nc1ccc(C=CC(=O)N2CC[C@@H]3[C@H]2C(=O)N3S(=O)(=O)O)cc1. The topological polar surface area (TPSA) is 124 Å². The molecule has 0 aliphatic carbocycles. The number of nitrogens with one attached hydrogen (secondary N) is 1. The molecule has 0 radical (unpaired) electrons. The normalized spacial score (nSPS) is 21.9. The average molecular weight is 414 g/mol. The fraction of sp³-hybridized carbons (Fsp3) is 0.312. The Balaban J connectivity index is 1.63. The Morgan fingerprint density at radius 1 is 1.30 bits per heavy atom. The Bertz CT molecular complexity index is 915. The molecule has 144 valence electrons. The number of amides is 3. The van der Waals surface area contributed by atoms with Crippen LogP contribution in [-0.4, -0.2) is 64.4 Å². The van der Waals surface area contributed by atoms with Gasteiger partial charge in [0.15, 0.2) is 0 Å². The van der Waals surface area contributed by atoms with Gasteiger partial charge < -0.3 is 10.2 Å². The number of hydrogen-bond donors (Lipinski definition) is 2. The Labute approximate surface area is 160 Å². The molecule has 2 heterocycles. The largest absolute Gasteiger partial charge is 0.362 e. The van der Waals surface area contributed by atoms with Gasteiger partial charge in [0, 0.05) is 18.3 Å². The smallest absolute Gasteiger partial charge is 0.325 e. The first-order chi connectivity index (χ1) is 12.7. The highest BCUT2D eigenvalue weighted by atomic mass is 35.5. The third-order valence-corrected chi connectivity index (χ3v) is 5.59. The third kappa shape index (κ3) is 3.82. The van der Waals surface area contributed by atoms with Crippen LogP contribution in [0.5, 0.6) is 0 Å². The summed E-state index contributed by atoms with van der Waals surface area (Å²) in [6.07, 6.45) is 3.12. The summed E-state index contributed by atoms with van der Waals surface area (Å²) in [5, 5.41) is 2.59. The zero-order valence-corrected chi connectivity index (χ0v) is 15.5. The third-order valence-electron chi connectivity index (χ3n) is 4.40. The second-order valence-electron chi connectivity index (χ2n) is 6.08. The number of benzene rings is 1. The van der Waals surface area contributed by atoms with Crippen LogP contribution in [0.2, 0.25) is 0 Å². The van der Waals surface area contributed by atoms with Crippen LogP contribution >= 0.6 is 11.6 Å². The summed E-state index contributed by atoms with van der Waals surface area (Å²) in [6.45, 7) is 0.222. The molecule has 2 aliphatic rings.